The molecule has 0 unspecified atom stereocenters. The fourth-order valence-corrected chi connectivity index (χ4v) is 2.52. The molecule has 2 aromatic rings. The van der Waals surface area contributed by atoms with Gasteiger partial charge < -0.3 is 14.6 Å². The molecular formula is C16H21N3O2. The van der Waals surface area contributed by atoms with Crippen LogP contribution < -0.4 is 5.32 Å². The van der Waals surface area contributed by atoms with Gasteiger partial charge in [0.1, 0.15) is 0 Å². The van der Waals surface area contributed by atoms with E-state index in [1.165, 1.54) is 0 Å². The second kappa shape index (κ2) is 7.22. The molecule has 0 amide bonds. The third-order valence-electron chi connectivity index (χ3n) is 3.74. The summed E-state index contributed by atoms with van der Waals surface area (Å²) in [7, 11) is 0. The molecule has 3 rings (SSSR count). The Hall–Kier alpha value is -1.88. The predicted molar refractivity (Wildman–Crippen MR) is 80.3 cm³/mol. The minimum atomic E-state index is 0.402. The number of benzene rings is 1. The first kappa shape index (κ1) is 14.1. The Morgan fingerprint density at radius 3 is 2.76 bits per heavy atom. The number of hydrogen-bond donors (Lipinski definition) is 1. The van der Waals surface area contributed by atoms with Crippen molar-refractivity contribution >= 4 is 5.69 Å². The second-order valence-electron chi connectivity index (χ2n) is 5.33. The van der Waals surface area contributed by atoms with Crippen LogP contribution in [0.2, 0.25) is 0 Å². The van der Waals surface area contributed by atoms with Crippen molar-refractivity contribution in [1.29, 1.82) is 0 Å². The lowest BCUT2D eigenvalue weighted by Gasteiger charge is -2.18. The molecule has 112 valence electrons. The Morgan fingerprint density at radius 1 is 1.14 bits per heavy atom. The first-order valence-corrected chi connectivity index (χ1v) is 7.61. The summed E-state index contributed by atoms with van der Waals surface area (Å²) in [6, 6.07) is 10.2. The van der Waals surface area contributed by atoms with E-state index in [0.717, 1.165) is 62.8 Å². The van der Waals surface area contributed by atoms with Gasteiger partial charge in [-0.05, 0) is 31.4 Å². The van der Waals surface area contributed by atoms with E-state index in [2.05, 4.69) is 27.6 Å². The number of rotatable bonds is 6. The van der Waals surface area contributed by atoms with Gasteiger partial charge >= 0.3 is 0 Å². The summed E-state index contributed by atoms with van der Waals surface area (Å²) in [5, 5.41) is 7.49. The number of aromatic nitrogens is 2. The molecule has 0 saturated carbocycles. The SMILES string of the molecule is c1ccc(NCCCc2nc(C3CCOCC3)no2)cc1. The molecule has 0 bridgehead atoms. The van der Waals surface area contributed by atoms with Crippen molar-refractivity contribution in [2.45, 2.75) is 31.6 Å². The van der Waals surface area contributed by atoms with Gasteiger partial charge in [0.05, 0.1) is 0 Å². The van der Waals surface area contributed by atoms with E-state index in [4.69, 9.17) is 9.26 Å². The molecular weight excluding hydrogens is 266 g/mol. The van der Waals surface area contributed by atoms with Crippen molar-refractivity contribution in [1.82, 2.24) is 10.1 Å². The van der Waals surface area contributed by atoms with Gasteiger partial charge in [-0.25, -0.2) is 0 Å². The van der Waals surface area contributed by atoms with E-state index < -0.39 is 0 Å². The average Bonchev–Trinajstić information content (AvgIpc) is 3.02. The van der Waals surface area contributed by atoms with E-state index in [0.29, 0.717) is 5.92 Å². The molecule has 1 aliphatic rings. The zero-order valence-corrected chi connectivity index (χ0v) is 12.1. The summed E-state index contributed by atoms with van der Waals surface area (Å²) in [4.78, 5) is 4.52. The zero-order chi connectivity index (χ0) is 14.3. The first-order valence-electron chi connectivity index (χ1n) is 7.61. The molecule has 0 radical (unpaired) electrons. The number of aryl methyl sites for hydroxylation is 1. The maximum atomic E-state index is 5.36. The number of ether oxygens (including phenoxy) is 1. The van der Waals surface area contributed by atoms with Crippen LogP contribution in [0.5, 0.6) is 0 Å². The standard InChI is InChI=1S/C16H21N3O2/c1-2-5-14(6-3-1)17-10-4-7-15-18-16(19-21-15)13-8-11-20-12-9-13/h1-3,5-6,13,17H,4,7-12H2. The highest BCUT2D eigenvalue weighted by Crippen LogP contribution is 2.24. The molecule has 2 heterocycles. The molecule has 1 fully saturated rings. The second-order valence-corrected chi connectivity index (χ2v) is 5.33. The van der Waals surface area contributed by atoms with Crippen LogP contribution in [-0.2, 0) is 11.2 Å². The molecule has 0 spiro atoms. The summed E-state index contributed by atoms with van der Waals surface area (Å²) in [5.41, 5.74) is 1.14. The molecule has 1 aliphatic heterocycles. The number of anilines is 1. The Labute approximate surface area is 124 Å². The minimum Gasteiger partial charge on any atom is -0.385 e. The third kappa shape index (κ3) is 4.04. The van der Waals surface area contributed by atoms with Gasteiger partial charge in [0.15, 0.2) is 5.82 Å². The minimum absolute atomic E-state index is 0.402. The van der Waals surface area contributed by atoms with Crippen molar-refractivity contribution in [3.05, 3.63) is 42.0 Å². The van der Waals surface area contributed by atoms with Crippen LogP contribution in [0.15, 0.2) is 34.9 Å². The van der Waals surface area contributed by atoms with Crippen LogP contribution in [0, 0.1) is 0 Å². The number of nitrogens with zero attached hydrogens (tertiary/aromatic N) is 2. The van der Waals surface area contributed by atoms with E-state index in [1.54, 1.807) is 0 Å². The lowest BCUT2D eigenvalue weighted by molar-refractivity contribution is 0.0830. The maximum Gasteiger partial charge on any atom is 0.226 e. The lowest BCUT2D eigenvalue weighted by atomic mass is 10.00. The Kier molecular flexibility index (Phi) is 4.84. The molecule has 1 aromatic heterocycles. The van der Waals surface area contributed by atoms with E-state index in [1.807, 2.05) is 18.2 Å². The van der Waals surface area contributed by atoms with Gasteiger partial charge in [0, 0.05) is 37.8 Å². The van der Waals surface area contributed by atoms with Crippen LogP contribution in [0.3, 0.4) is 0 Å². The third-order valence-corrected chi connectivity index (χ3v) is 3.74. The summed E-state index contributed by atoms with van der Waals surface area (Å²) in [5.74, 6) is 1.99. The van der Waals surface area contributed by atoms with Crippen LogP contribution in [0.1, 0.15) is 36.9 Å². The highest BCUT2D eigenvalue weighted by atomic mass is 16.5. The molecule has 1 saturated heterocycles. The zero-order valence-electron chi connectivity index (χ0n) is 12.1. The quantitative estimate of drug-likeness (QED) is 0.828. The smallest absolute Gasteiger partial charge is 0.226 e. The largest absolute Gasteiger partial charge is 0.385 e. The molecule has 5 nitrogen and oxygen atoms in total. The van der Waals surface area contributed by atoms with Crippen molar-refractivity contribution < 1.29 is 9.26 Å². The fraction of sp³-hybridized carbons (Fsp3) is 0.500. The number of para-hydroxylation sites is 1. The van der Waals surface area contributed by atoms with Gasteiger partial charge in [0.2, 0.25) is 5.89 Å². The summed E-state index contributed by atoms with van der Waals surface area (Å²) >= 11 is 0. The fourth-order valence-electron chi connectivity index (χ4n) is 2.52. The summed E-state index contributed by atoms with van der Waals surface area (Å²) in [6.45, 7) is 2.50. The van der Waals surface area contributed by atoms with Crippen molar-refractivity contribution in [2.75, 3.05) is 25.1 Å². The summed E-state index contributed by atoms with van der Waals surface area (Å²) in [6.07, 6.45) is 3.78. The highest BCUT2D eigenvalue weighted by Gasteiger charge is 2.21. The van der Waals surface area contributed by atoms with Gasteiger partial charge in [-0.3, -0.25) is 0 Å². The first-order chi connectivity index (χ1) is 10.4. The normalized spacial score (nSPS) is 16.0. The average molecular weight is 287 g/mol. The van der Waals surface area contributed by atoms with Crippen molar-refractivity contribution in [2.24, 2.45) is 0 Å². The van der Waals surface area contributed by atoms with Crippen LogP contribution >= 0.6 is 0 Å². The number of hydrogen-bond acceptors (Lipinski definition) is 5. The Morgan fingerprint density at radius 2 is 1.95 bits per heavy atom. The van der Waals surface area contributed by atoms with Crippen LogP contribution in [0.4, 0.5) is 5.69 Å². The molecule has 0 aliphatic carbocycles. The Balaban J connectivity index is 1.42. The van der Waals surface area contributed by atoms with E-state index >= 15 is 0 Å². The van der Waals surface area contributed by atoms with E-state index in [9.17, 15) is 0 Å². The molecule has 0 atom stereocenters. The van der Waals surface area contributed by atoms with Crippen LogP contribution in [-0.4, -0.2) is 29.9 Å². The van der Waals surface area contributed by atoms with Crippen molar-refractivity contribution in [3.8, 4) is 0 Å². The van der Waals surface area contributed by atoms with Gasteiger partial charge in [-0.15, -0.1) is 0 Å². The van der Waals surface area contributed by atoms with Crippen LogP contribution in [0.25, 0.3) is 0 Å². The monoisotopic (exact) mass is 287 g/mol. The number of nitrogens with one attached hydrogen (secondary N) is 1. The van der Waals surface area contributed by atoms with Gasteiger partial charge in [-0.2, -0.15) is 4.98 Å². The molecule has 1 aromatic carbocycles. The van der Waals surface area contributed by atoms with Gasteiger partial charge in [-0.1, -0.05) is 23.4 Å². The lowest BCUT2D eigenvalue weighted by Crippen LogP contribution is -2.15. The summed E-state index contributed by atoms with van der Waals surface area (Å²) < 4.78 is 10.7. The van der Waals surface area contributed by atoms with Gasteiger partial charge in [0.25, 0.3) is 0 Å². The molecule has 5 heteroatoms. The molecule has 21 heavy (non-hydrogen) atoms. The van der Waals surface area contributed by atoms with Crippen molar-refractivity contribution in [3.63, 3.8) is 0 Å². The Bertz CT molecular complexity index is 535. The predicted octanol–water partition coefficient (Wildman–Crippen LogP) is 3.01. The highest BCUT2D eigenvalue weighted by molar-refractivity contribution is 5.42. The van der Waals surface area contributed by atoms with E-state index in [-0.39, 0.29) is 0 Å². The molecule has 1 N–H and O–H groups in total. The maximum absolute atomic E-state index is 5.36. The topological polar surface area (TPSA) is 60.2 Å².